The Balaban J connectivity index is 2.82. The summed E-state index contributed by atoms with van der Waals surface area (Å²) in [5.74, 6) is -0.828. The number of nitrogens with zero attached hydrogens (tertiary/aromatic N) is 1. The van der Waals surface area contributed by atoms with Gasteiger partial charge in [-0.15, -0.1) is 0 Å². The van der Waals surface area contributed by atoms with Crippen molar-refractivity contribution in [3.05, 3.63) is 23.5 Å². The molecule has 1 N–H and O–H groups in total. The van der Waals surface area contributed by atoms with Gasteiger partial charge in [-0.05, 0) is 26.0 Å². The quantitative estimate of drug-likeness (QED) is 0.822. The van der Waals surface area contributed by atoms with E-state index in [1.807, 2.05) is 6.92 Å². The lowest BCUT2D eigenvalue weighted by Crippen LogP contribution is -2.17. The van der Waals surface area contributed by atoms with Crippen LogP contribution in [-0.4, -0.2) is 35.9 Å². The molecule has 88 valence electrons. The topological polar surface area (TPSA) is 68.7 Å². The second-order valence-electron chi connectivity index (χ2n) is 3.46. The summed E-state index contributed by atoms with van der Waals surface area (Å²) in [6, 6.07) is 3.31. The summed E-state index contributed by atoms with van der Waals surface area (Å²) in [7, 11) is 1.57. The molecule has 1 unspecified atom stereocenters. The van der Waals surface area contributed by atoms with Crippen LogP contribution in [0.1, 0.15) is 23.1 Å². The fourth-order valence-corrected chi connectivity index (χ4v) is 1.09. The monoisotopic (exact) mass is 225 g/mol. The van der Waals surface area contributed by atoms with E-state index in [0.29, 0.717) is 12.3 Å². The summed E-state index contributed by atoms with van der Waals surface area (Å²) < 4.78 is 10.3. The van der Waals surface area contributed by atoms with E-state index in [0.717, 1.165) is 0 Å². The summed E-state index contributed by atoms with van der Waals surface area (Å²) in [6.07, 6.45) is -0.0945. The van der Waals surface area contributed by atoms with Crippen LogP contribution in [0.5, 0.6) is 5.75 Å². The number of pyridine rings is 1. The molecule has 0 radical (unpaired) electrons. The lowest BCUT2D eigenvalue weighted by atomic mass is 10.3. The minimum Gasteiger partial charge on any atom is -0.488 e. The number of carboxylic acid groups (broad SMARTS) is 1. The van der Waals surface area contributed by atoms with Gasteiger partial charge in [0, 0.05) is 12.8 Å². The zero-order chi connectivity index (χ0) is 12.1. The van der Waals surface area contributed by atoms with E-state index in [4.69, 9.17) is 14.6 Å². The van der Waals surface area contributed by atoms with Gasteiger partial charge in [0.1, 0.15) is 6.61 Å². The number of ether oxygens (including phenoxy) is 2. The minimum absolute atomic E-state index is 0.0664. The summed E-state index contributed by atoms with van der Waals surface area (Å²) >= 11 is 0. The van der Waals surface area contributed by atoms with Gasteiger partial charge in [-0.1, -0.05) is 0 Å². The molecule has 1 atom stereocenters. The van der Waals surface area contributed by atoms with Crippen molar-refractivity contribution >= 4 is 5.97 Å². The number of aryl methyl sites for hydroxylation is 1. The first-order chi connectivity index (χ1) is 7.54. The summed E-state index contributed by atoms with van der Waals surface area (Å²) in [6.45, 7) is 3.86. The van der Waals surface area contributed by atoms with Crippen molar-refractivity contribution < 1.29 is 19.4 Å². The molecule has 16 heavy (non-hydrogen) atoms. The van der Waals surface area contributed by atoms with Gasteiger partial charge < -0.3 is 14.6 Å². The molecule has 5 nitrogen and oxygen atoms in total. The van der Waals surface area contributed by atoms with Crippen molar-refractivity contribution in [3.8, 4) is 5.75 Å². The second-order valence-corrected chi connectivity index (χ2v) is 3.46. The Morgan fingerprint density at radius 3 is 2.81 bits per heavy atom. The lowest BCUT2D eigenvalue weighted by Gasteiger charge is -2.12. The predicted molar refractivity (Wildman–Crippen MR) is 57.9 cm³/mol. The SMILES string of the molecule is COC(C)COc1ccc(C)nc1C(=O)O. The third-order valence-electron chi connectivity index (χ3n) is 2.08. The van der Waals surface area contributed by atoms with Gasteiger partial charge in [-0.25, -0.2) is 9.78 Å². The van der Waals surface area contributed by atoms with Gasteiger partial charge >= 0.3 is 5.97 Å². The first-order valence-electron chi connectivity index (χ1n) is 4.91. The Bertz CT molecular complexity index is 378. The van der Waals surface area contributed by atoms with Crippen LogP contribution in [0, 0.1) is 6.92 Å². The highest BCUT2D eigenvalue weighted by Crippen LogP contribution is 2.17. The molecular formula is C11H15NO4. The summed E-state index contributed by atoms with van der Waals surface area (Å²) in [5, 5.41) is 8.94. The van der Waals surface area contributed by atoms with Crippen molar-refractivity contribution in [1.29, 1.82) is 0 Å². The average Bonchev–Trinajstić information content (AvgIpc) is 2.26. The molecule has 0 saturated heterocycles. The van der Waals surface area contributed by atoms with Crippen LogP contribution in [0.2, 0.25) is 0 Å². The van der Waals surface area contributed by atoms with Gasteiger partial charge in [0.05, 0.1) is 6.10 Å². The Morgan fingerprint density at radius 1 is 1.56 bits per heavy atom. The highest BCUT2D eigenvalue weighted by atomic mass is 16.5. The van der Waals surface area contributed by atoms with Crippen LogP contribution in [0.25, 0.3) is 0 Å². The van der Waals surface area contributed by atoms with Crippen LogP contribution < -0.4 is 4.74 Å². The third kappa shape index (κ3) is 3.20. The number of carbonyl (C=O) groups is 1. The van der Waals surface area contributed by atoms with Gasteiger partial charge in [0.15, 0.2) is 11.4 Å². The number of hydrogen-bond acceptors (Lipinski definition) is 4. The maximum absolute atomic E-state index is 10.9. The molecule has 5 heteroatoms. The maximum atomic E-state index is 10.9. The second kappa shape index (κ2) is 5.46. The fourth-order valence-electron chi connectivity index (χ4n) is 1.09. The Labute approximate surface area is 94.0 Å². The zero-order valence-corrected chi connectivity index (χ0v) is 9.56. The Morgan fingerprint density at radius 2 is 2.25 bits per heavy atom. The van der Waals surface area contributed by atoms with Crippen LogP contribution in [-0.2, 0) is 4.74 Å². The van der Waals surface area contributed by atoms with E-state index in [9.17, 15) is 4.79 Å². The summed E-state index contributed by atoms with van der Waals surface area (Å²) in [4.78, 5) is 14.8. The Hall–Kier alpha value is -1.62. The molecule has 0 aliphatic rings. The third-order valence-corrected chi connectivity index (χ3v) is 2.08. The van der Waals surface area contributed by atoms with Gasteiger partial charge in [-0.2, -0.15) is 0 Å². The average molecular weight is 225 g/mol. The highest BCUT2D eigenvalue weighted by molar-refractivity contribution is 5.88. The van der Waals surface area contributed by atoms with Gasteiger partial charge in [0.25, 0.3) is 0 Å². The van der Waals surface area contributed by atoms with Crippen molar-refractivity contribution in [2.45, 2.75) is 20.0 Å². The maximum Gasteiger partial charge on any atom is 0.358 e. The molecule has 0 aliphatic heterocycles. The van der Waals surface area contributed by atoms with Crippen molar-refractivity contribution in [2.75, 3.05) is 13.7 Å². The van der Waals surface area contributed by atoms with Crippen LogP contribution in [0.3, 0.4) is 0 Å². The van der Waals surface area contributed by atoms with E-state index in [1.54, 1.807) is 26.2 Å². The standard InChI is InChI=1S/C11H15NO4/c1-7-4-5-9(10(12-7)11(13)14)16-6-8(2)15-3/h4-5,8H,6H2,1-3H3,(H,13,14). The molecule has 1 heterocycles. The zero-order valence-electron chi connectivity index (χ0n) is 9.56. The molecule has 0 amide bonds. The molecule has 0 fully saturated rings. The molecule has 1 rings (SSSR count). The number of aromatic carboxylic acids is 1. The van der Waals surface area contributed by atoms with Crippen molar-refractivity contribution in [1.82, 2.24) is 4.98 Å². The highest BCUT2D eigenvalue weighted by Gasteiger charge is 2.14. The van der Waals surface area contributed by atoms with Crippen molar-refractivity contribution in [3.63, 3.8) is 0 Å². The number of rotatable bonds is 5. The number of hydrogen-bond donors (Lipinski definition) is 1. The first-order valence-corrected chi connectivity index (χ1v) is 4.91. The molecule has 0 bridgehead atoms. The minimum atomic E-state index is -1.09. The van der Waals surface area contributed by atoms with E-state index in [-0.39, 0.29) is 17.5 Å². The number of methoxy groups -OCH3 is 1. The van der Waals surface area contributed by atoms with Crippen LogP contribution >= 0.6 is 0 Å². The van der Waals surface area contributed by atoms with Crippen molar-refractivity contribution in [2.24, 2.45) is 0 Å². The lowest BCUT2D eigenvalue weighted by molar-refractivity contribution is 0.0638. The van der Waals surface area contributed by atoms with E-state index >= 15 is 0 Å². The molecule has 0 spiro atoms. The molecule has 1 aromatic heterocycles. The molecule has 0 aromatic carbocycles. The number of aromatic nitrogens is 1. The van der Waals surface area contributed by atoms with Gasteiger partial charge in [-0.3, -0.25) is 0 Å². The van der Waals surface area contributed by atoms with Gasteiger partial charge in [0.2, 0.25) is 0 Å². The van der Waals surface area contributed by atoms with E-state index in [1.165, 1.54) is 0 Å². The van der Waals surface area contributed by atoms with Crippen LogP contribution in [0.4, 0.5) is 0 Å². The molecule has 0 saturated carbocycles. The molecule has 0 aliphatic carbocycles. The largest absolute Gasteiger partial charge is 0.488 e. The fraction of sp³-hybridized carbons (Fsp3) is 0.455. The Kier molecular flexibility index (Phi) is 4.25. The first kappa shape index (κ1) is 12.4. The van der Waals surface area contributed by atoms with E-state index in [2.05, 4.69) is 4.98 Å². The predicted octanol–water partition coefficient (Wildman–Crippen LogP) is 1.50. The number of carboxylic acids is 1. The molecule has 1 aromatic rings. The summed E-state index contributed by atoms with van der Waals surface area (Å²) in [5.41, 5.74) is 0.577. The van der Waals surface area contributed by atoms with E-state index < -0.39 is 5.97 Å². The normalized spacial score (nSPS) is 12.2. The smallest absolute Gasteiger partial charge is 0.358 e. The van der Waals surface area contributed by atoms with Crippen LogP contribution in [0.15, 0.2) is 12.1 Å². The molecular weight excluding hydrogens is 210 g/mol.